The van der Waals surface area contributed by atoms with Gasteiger partial charge in [-0.25, -0.2) is 4.39 Å². The Kier molecular flexibility index (Phi) is 6.94. The van der Waals surface area contributed by atoms with Crippen molar-refractivity contribution in [2.75, 3.05) is 45.7 Å². The number of anilines is 1. The number of fused-ring (bicyclic) bond motifs is 1. The third-order valence-corrected chi connectivity index (χ3v) is 7.18. The molecule has 1 atom stereocenters. The third kappa shape index (κ3) is 4.80. The summed E-state index contributed by atoms with van der Waals surface area (Å²) in [6.07, 6.45) is 2.57. The van der Waals surface area contributed by atoms with Crippen molar-refractivity contribution >= 4 is 34.9 Å². The van der Waals surface area contributed by atoms with Gasteiger partial charge in [-0.15, -0.1) is 0 Å². The summed E-state index contributed by atoms with van der Waals surface area (Å²) >= 11 is 6.51. The number of likely N-dealkylation sites (N-methyl/N-ethyl adjacent to an activating group) is 2. The van der Waals surface area contributed by atoms with E-state index in [1.54, 1.807) is 31.1 Å². The van der Waals surface area contributed by atoms with Crippen molar-refractivity contribution in [1.82, 2.24) is 9.80 Å². The van der Waals surface area contributed by atoms with E-state index in [1.165, 1.54) is 17.0 Å². The highest BCUT2D eigenvalue weighted by molar-refractivity contribution is 6.39. The number of hydrogen-bond acceptors (Lipinski definition) is 4. The predicted molar refractivity (Wildman–Crippen MR) is 130 cm³/mol. The van der Waals surface area contributed by atoms with Gasteiger partial charge in [-0.3, -0.25) is 14.4 Å². The van der Waals surface area contributed by atoms with E-state index in [0.29, 0.717) is 41.7 Å². The second kappa shape index (κ2) is 9.74. The molecule has 0 aromatic heterocycles. The number of carbonyl (C=O) groups is 3. The first-order chi connectivity index (χ1) is 16.2. The van der Waals surface area contributed by atoms with Crippen LogP contribution < -0.4 is 4.90 Å². The lowest BCUT2D eigenvalue weighted by Gasteiger charge is -2.32. The molecule has 1 unspecified atom stereocenters. The Morgan fingerprint density at radius 3 is 2.35 bits per heavy atom. The lowest BCUT2D eigenvalue weighted by Crippen LogP contribution is -2.39. The van der Waals surface area contributed by atoms with Crippen LogP contribution >= 0.6 is 11.6 Å². The Balaban J connectivity index is 1.48. The standard InChI is InChI=1S/C26H29ClFN3O3/c1-29(2)26(34)24(32)21-15-30(3)23-14-22(27)20(13-19(21)23)25(33)31-10-8-17(9-11-31)12-16-4-6-18(28)7-5-16/h4-7,13-14,17,21H,8-12,15H2,1-3H3. The number of piperidine rings is 1. The lowest BCUT2D eigenvalue weighted by atomic mass is 9.89. The van der Waals surface area contributed by atoms with E-state index in [1.807, 2.05) is 24.1 Å². The van der Waals surface area contributed by atoms with Crippen LogP contribution in [0.25, 0.3) is 0 Å². The van der Waals surface area contributed by atoms with Crippen LogP contribution in [0.1, 0.15) is 40.2 Å². The fourth-order valence-electron chi connectivity index (χ4n) is 4.88. The number of likely N-dealkylation sites (tertiary alicyclic amines) is 1. The largest absolute Gasteiger partial charge is 0.373 e. The molecule has 0 N–H and O–H groups in total. The van der Waals surface area contributed by atoms with Gasteiger partial charge in [-0.05, 0) is 60.6 Å². The zero-order valence-corrected chi connectivity index (χ0v) is 20.4. The van der Waals surface area contributed by atoms with E-state index in [9.17, 15) is 18.8 Å². The molecule has 1 saturated heterocycles. The van der Waals surface area contributed by atoms with Crippen molar-refractivity contribution in [3.63, 3.8) is 0 Å². The molecule has 2 amide bonds. The highest BCUT2D eigenvalue weighted by Crippen LogP contribution is 2.40. The number of halogens is 2. The summed E-state index contributed by atoms with van der Waals surface area (Å²) in [4.78, 5) is 43.4. The Morgan fingerprint density at radius 2 is 1.74 bits per heavy atom. The zero-order chi connectivity index (χ0) is 24.6. The number of benzene rings is 2. The second-order valence-electron chi connectivity index (χ2n) is 9.45. The summed E-state index contributed by atoms with van der Waals surface area (Å²) in [7, 11) is 4.95. The molecule has 180 valence electrons. The van der Waals surface area contributed by atoms with Crippen molar-refractivity contribution in [3.05, 3.63) is 63.9 Å². The van der Waals surface area contributed by atoms with Gasteiger partial charge < -0.3 is 14.7 Å². The first kappa shape index (κ1) is 24.2. The van der Waals surface area contributed by atoms with E-state index in [4.69, 9.17) is 11.6 Å². The maximum absolute atomic E-state index is 13.3. The molecule has 8 heteroatoms. The Labute approximate surface area is 204 Å². The summed E-state index contributed by atoms with van der Waals surface area (Å²) < 4.78 is 13.2. The summed E-state index contributed by atoms with van der Waals surface area (Å²) in [5.74, 6) is -1.64. The van der Waals surface area contributed by atoms with E-state index in [-0.39, 0.29) is 11.7 Å². The maximum Gasteiger partial charge on any atom is 0.290 e. The van der Waals surface area contributed by atoms with Gasteiger partial charge in [0.25, 0.3) is 11.8 Å². The predicted octanol–water partition coefficient (Wildman–Crippen LogP) is 3.76. The van der Waals surface area contributed by atoms with Gasteiger partial charge >= 0.3 is 0 Å². The second-order valence-corrected chi connectivity index (χ2v) is 9.86. The van der Waals surface area contributed by atoms with E-state index < -0.39 is 17.6 Å². The average molecular weight is 486 g/mol. The molecule has 2 aromatic rings. The van der Waals surface area contributed by atoms with Crippen molar-refractivity contribution in [2.45, 2.75) is 25.2 Å². The van der Waals surface area contributed by atoms with Crippen molar-refractivity contribution in [3.8, 4) is 0 Å². The highest BCUT2D eigenvalue weighted by atomic mass is 35.5. The van der Waals surface area contributed by atoms with E-state index >= 15 is 0 Å². The van der Waals surface area contributed by atoms with Crippen LogP contribution in [-0.2, 0) is 16.0 Å². The van der Waals surface area contributed by atoms with E-state index in [2.05, 4.69) is 0 Å². The van der Waals surface area contributed by atoms with Crippen LogP contribution in [0.4, 0.5) is 10.1 Å². The minimum absolute atomic E-state index is 0.160. The van der Waals surface area contributed by atoms with Gasteiger partial charge in [0.05, 0.1) is 16.5 Å². The van der Waals surface area contributed by atoms with Crippen LogP contribution in [0.15, 0.2) is 36.4 Å². The van der Waals surface area contributed by atoms with Gasteiger partial charge in [-0.1, -0.05) is 23.7 Å². The summed E-state index contributed by atoms with van der Waals surface area (Å²) in [6, 6.07) is 10.00. The van der Waals surface area contributed by atoms with Gasteiger partial charge in [0, 0.05) is 46.5 Å². The van der Waals surface area contributed by atoms with Crippen LogP contribution in [0, 0.1) is 11.7 Å². The lowest BCUT2D eigenvalue weighted by molar-refractivity contribution is -0.143. The van der Waals surface area contributed by atoms with Crippen molar-refractivity contribution < 1.29 is 18.8 Å². The molecule has 0 radical (unpaired) electrons. The molecule has 0 saturated carbocycles. The monoisotopic (exact) mass is 485 g/mol. The van der Waals surface area contributed by atoms with E-state index in [0.717, 1.165) is 30.5 Å². The van der Waals surface area contributed by atoms with Crippen molar-refractivity contribution in [2.24, 2.45) is 5.92 Å². The van der Waals surface area contributed by atoms with Gasteiger partial charge in [0.2, 0.25) is 5.78 Å². The topological polar surface area (TPSA) is 60.9 Å². The molecule has 2 heterocycles. The molecule has 0 bridgehead atoms. The normalized spacial score (nSPS) is 18.1. The average Bonchev–Trinajstić information content (AvgIpc) is 3.14. The summed E-state index contributed by atoms with van der Waals surface area (Å²) in [5, 5.41) is 0.344. The molecule has 0 aliphatic carbocycles. The molecule has 6 nitrogen and oxygen atoms in total. The number of hydrogen-bond donors (Lipinski definition) is 0. The smallest absolute Gasteiger partial charge is 0.290 e. The quantitative estimate of drug-likeness (QED) is 0.605. The van der Waals surface area contributed by atoms with Crippen LogP contribution in [0.3, 0.4) is 0 Å². The summed E-state index contributed by atoms with van der Waals surface area (Å²) in [5.41, 5.74) is 2.90. The molecule has 1 fully saturated rings. The molecule has 34 heavy (non-hydrogen) atoms. The molecule has 2 aliphatic rings. The fourth-order valence-corrected chi connectivity index (χ4v) is 5.12. The molecule has 4 rings (SSSR count). The van der Waals surface area contributed by atoms with Crippen LogP contribution in [0.2, 0.25) is 5.02 Å². The Bertz CT molecular complexity index is 1110. The molecular weight excluding hydrogens is 457 g/mol. The number of nitrogens with zero attached hydrogens (tertiary/aromatic N) is 3. The Hall–Kier alpha value is -2.93. The fraction of sp³-hybridized carbons (Fsp3) is 0.423. The third-order valence-electron chi connectivity index (χ3n) is 6.86. The van der Waals surface area contributed by atoms with Gasteiger partial charge in [0.15, 0.2) is 0 Å². The molecule has 0 spiro atoms. The highest BCUT2D eigenvalue weighted by Gasteiger charge is 2.37. The number of ketones is 1. The maximum atomic E-state index is 13.3. The zero-order valence-electron chi connectivity index (χ0n) is 19.7. The molecule has 2 aromatic carbocycles. The van der Waals surface area contributed by atoms with Crippen molar-refractivity contribution in [1.29, 1.82) is 0 Å². The minimum atomic E-state index is -0.625. The first-order valence-corrected chi connectivity index (χ1v) is 11.9. The SMILES string of the molecule is CN(C)C(=O)C(=O)C1CN(C)c2cc(Cl)c(C(=O)N3CCC(Cc4ccc(F)cc4)CC3)cc21. The van der Waals surface area contributed by atoms with Gasteiger partial charge in [0.1, 0.15) is 5.82 Å². The Morgan fingerprint density at radius 1 is 1.09 bits per heavy atom. The number of amides is 2. The first-order valence-electron chi connectivity index (χ1n) is 11.5. The summed E-state index contributed by atoms with van der Waals surface area (Å²) in [6.45, 7) is 1.59. The molecule has 2 aliphatic heterocycles. The van der Waals surface area contributed by atoms with Crippen LogP contribution in [-0.4, -0.2) is 68.2 Å². The van der Waals surface area contributed by atoms with Crippen LogP contribution in [0.5, 0.6) is 0 Å². The number of Topliss-reactive ketones (excluding diaryl/α,β-unsaturated/α-hetero) is 1. The minimum Gasteiger partial charge on any atom is -0.373 e. The number of rotatable bonds is 5. The number of carbonyl (C=O) groups excluding carboxylic acids is 3. The molecular formula is C26H29ClFN3O3. The van der Waals surface area contributed by atoms with Gasteiger partial charge in [-0.2, -0.15) is 0 Å².